The molecule has 37 heavy (non-hydrogen) atoms. The lowest BCUT2D eigenvalue weighted by atomic mass is 9.79. The van der Waals surface area contributed by atoms with E-state index in [2.05, 4.69) is 5.32 Å². The van der Waals surface area contributed by atoms with E-state index < -0.39 is 43.5 Å². The van der Waals surface area contributed by atoms with Crippen molar-refractivity contribution in [2.24, 2.45) is 0 Å². The summed E-state index contributed by atoms with van der Waals surface area (Å²) in [5.41, 5.74) is -0.0807. The number of hydrogen-bond donors (Lipinski definition) is 1. The summed E-state index contributed by atoms with van der Waals surface area (Å²) < 4.78 is 104. The zero-order chi connectivity index (χ0) is 27.6. The van der Waals surface area contributed by atoms with Crippen molar-refractivity contribution >= 4 is 38.5 Å². The Morgan fingerprint density at radius 2 is 1.35 bits per heavy atom. The summed E-state index contributed by atoms with van der Waals surface area (Å²) in [4.78, 5) is -1.82. The number of sulfonamides is 1. The number of hydrogen-bond acceptors (Lipinski definition) is 5. The highest BCUT2D eigenvalue weighted by molar-refractivity contribution is 8.45. The molecule has 0 unspecified atom stereocenters. The summed E-state index contributed by atoms with van der Waals surface area (Å²) >= 11 is 0. The molecular formula is C23H30BF5N2O4S2. The van der Waals surface area contributed by atoms with Crippen LogP contribution in [0.4, 0.5) is 25.1 Å². The number of anilines is 1. The lowest BCUT2D eigenvalue weighted by molar-refractivity contribution is 0.00578. The standard InChI is InChI=1S/C23H30BF5N2O4S2/c1-22(2)23(3,4)35-24(34-22)17-5-9-20(10-6-17)36(32,33)31-15-13-19(14-16-31)30-18-7-11-21(12-8-18)37(25,26,27,28)29/h5-12,19,30H,13-16H2,1-4H3. The van der Waals surface area contributed by atoms with Gasteiger partial charge in [0, 0.05) is 24.8 Å². The second kappa shape index (κ2) is 8.32. The number of nitrogens with one attached hydrogen (secondary N) is 1. The van der Waals surface area contributed by atoms with Crippen molar-refractivity contribution in [2.45, 2.75) is 67.6 Å². The molecule has 6 nitrogen and oxygen atoms in total. The lowest BCUT2D eigenvalue weighted by Crippen LogP contribution is -2.42. The van der Waals surface area contributed by atoms with E-state index in [1.807, 2.05) is 27.7 Å². The molecule has 2 fully saturated rings. The number of rotatable bonds is 6. The van der Waals surface area contributed by atoms with Gasteiger partial charge in [0.1, 0.15) is 4.90 Å². The van der Waals surface area contributed by atoms with Gasteiger partial charge in [-0.1, -0.05) is 31.6 Å². The number of nitrogens with zero attached hydrogens (tertiary/aromatic N) is 1. The van der Waals surface area contributed by atoms with Gasteiger partial charge >= 0.3 is 17.3 Å². The first-order valence-electron chi connectivity index (χ1n) is 11.7. The molecule has 4 rings (SSSR count). The number of piperidine rings is 1. The van der Waals surface area contributed by atoms with Gasteiger partial charge in [0.2, 0.25) is 10.0 Å². The van der Waals surface area contributed by atoms with Crippen molar-refractivity contribution < 1.29 is 37.2 Å². The summed E-state index contributed by atoms with van der Waals surface area (Å²) in [6.45, 7) is 8.12. The van der Waals surface area contributed by atoms with Crippen LogP contribution in [0.2, 0.25) is 0 Å². The van der Waals surface area contributed by atoms with E-state index in [1.54, 1.807) is 12.1 Å². The summed E-state index contributed by atoms with van der Waals surface area (Å²) in [7, 11) is -14.1. The van der Waals surface area contributed by atoms with Gasteiger partial charge < -0.3 is 14.6 Å². The van der Waals surface area contributed by atoms with Crippen LogP contribution in [0.15, 0.2) is 58.3 Å². The van der Waals surface area contributed by atoms with Crippen LogP contribution in [0, 0.1) is 0 Å². The number of halogens is 5. The fourth-order valence-corrected chi connectivity index (χ4v) is 6.33. The number of benzene rings is 2. The summed E-state index contributed by atoms with van der Waals surface area (Å²) in [6.07, 6.45) is 0.795. The summed E-state index contributed by atoms with van der Waals surface area (Å²) in [5.74, 6) is 0. The van der Waals surface area contributed by atoms with Crippen LogP contribution in [0.25, 0.3) is 0 Å². The van der Waals surface area contributed by atoms with Crippen LogP contribution in [-0.2, 0) is 19.3 Å². The maximum atomic E-state index is 13.2. The largest absolute Gasteiger partial charge is 0.494 e. The van der Waals surface area contributed by atoms with Crippen LogP contribution in [0.3, 0.4) is 0 Å². The molecule has 0 bridgehead atoms. The maximum absolute atomic E-state index is 13.2. The van der Waals surface area contributed by atoms with Gasteiger partial charge in [-0.3, -0.25) is 0 Å². The third-order valence-corrected chi connectivity index (χ3v) is 10.2. The molecule has 0 amide bonds. The monoisotopic (exact) mass is 568 g/mol. The first-order chi connectivity index (χ1) is 16.7. The Morgan fingerprint density at radius 1 is 0.865 bits per heavy atom. The van der Waals surface area contributed by atoms with Crippen LogP contribution in [0.5, 0.6) is 0 Å². The van der Waals surface area contributed by atoms with Gasteiger partial charge in [0.25, 0.3) is 0 Å². The van der Waals surface area contributed by atoms with Crippen molar-refractivity contribution in [1.29, 1.82) is 0 Å². The fraction of sp³-hybridized carbons (Fsp3) is 0.478. The Balaban J connectivity index is 1.36. The van der Waals surface area contributed by atoms with E-state index in [9.17, 15) is 27.8 Å². The van der Waals surface area contributed by atoms with E-state index >= 15 is 0 Å². The minimum absolute atomic E-state index is 0.130. The smallest absolute Gasteiger partial charge is 0.399 e. The maximum Gasteiger partial charge on any atom is 0.494 e. The Kier molecular flexibility index (Phi) is 6.33. The molecule has 0 radical (unpaired) electrons. The predicted octanol–water partition coefficient (Wildman–Crippen LogP) is 5.91. The summed E-state index contributed by atoms with van der Waals surface area (Å²) in [6, 6.07) is 8.77. The molecule has 0 atom stereocenters. The van der Waals surface area contributed by atoms with Gasteiger partial charge in [0.05, 0.1) is 16.1 Å². The highest BCUT2D eigenvalue weighted by Gasteiger charge is 2.65. The second-order valence-corrected chi connectivity index (χ2v) is 14.8. The van der Waals surface area contributed by atoms with Gasteiger partial charge in [-0.25, -0.2) is 8.42 Å². The van der Waals surface area contributed by atoms with Gasteiger partial charge in [-0.05, 0) is 82.4 Å². The molecule has 2 aliphatic heterocycles. The first-order valence-corrected chi connectivity index (χ1v) is 15.1. The molecule has 2 aromatic carbocycles. The zero-order valence-electron chi connectivity index (χ0n) is 20.9. The molecule has 14 heteroatoms. The molecule has 0 aromatic heterocycles. The van der Waals surface area contributed by atoms with Crippen molar-refractivity contribution in [1.82, 2.24) is 4.31 Å². The van der Waals surface area contributed by atoms with Crippen LogP contribution in [-0.4, -0.2) is 50.2 Å². The molecule has 2 heterocycles. The predicted molar refractivity (Wildman–Crippen MR) is 135 cm³/mol. The quantitative estimate of drug-likeness (QED) is 0.347. The molecule has 1 N–H and O–H groups in total. The average Bonchev–Trinajstić information content (AvgIpc) is 3.00. The van der Waals surface area contributed by atoms with Crippen LogP contribution in [0.1, 0.15) is 40.5 Å². The van der Waals surface area contributed by atoms with E-state index in [0.717, 1.165) is 12.1 Å². The van der Waals surface area contributed by atoms with Gasteiger partial charge in [-0.15, -0.1) is 0 Å². The normalized spacial score (nSPS) is 22.9. The molecule has 0 spiro atoms. The Hall–Kier alpha value is -1.87. The van der Waals surface area contributed by atoms with Crippen molar-refractivity contribution in [3.63, 3.8) is 0 Å². The van der Waals surface area contributed by atoms with E-state index in [-0.39, 0.29) is 29.7 Å². The first kappa shape index (κ1) is 28.2. The minimum atomic E-state index is -9.72. The third kappa shape index (κ3) is 5.92. The molecule has 2 saturated heterocycles. The van der Waals surface area contributed by atoms with E-state index in [4.69, 9.17) is 9.31 Å². The van der Waals surface area contributed by atoms with E-state index in [0.29, 0.717) is 30.4 Å². The van der Waals surface area contributed by atoms with Crippen LogP contribution < -0.4 is 10.8 Å². The molecule has 2 aliphatic rings. The summed E-state index contributed by atoms with van der Waals surface area (Å²) in [5, 5.41) is 3.00. The zero-order valence-corrected chi connectivity index (χ0v) is 22.5. The molecule has 0 aliphatic carbocycles. The molecule has 206 valence electrons. The van der Waals surface area contributed by atoms with Crippen LogP contribution >= 0.6 is 10.2 Å². The average molecular weight is 568 g/mol. The van der Waals surface area contributed by atoms with Crippen molar-refractivity contribution in [2.75, 3.05) is 18.4 Å². The Bertz CT molecular complexity index is 1250. The Labute approximate surface area is 214 Å². The van der Waals surface area contributed by atoms with Gasteiger partial charge in [-0.2, -0.15) is 4.31 Å². The molecule has 0 saturated carbocycles. The Morgan fingerprint density at radius 3 is 1.81 bits per heavy atom. The lowest BCUT2D eigenvalue weighted by Gasteiger charge is -2.40. The second-order valence-electron chi connectivity index (χ2n) is 10.5. The third-order valence-electron chi connectivity index (χ3n) is 7.17. The van der Waals surface area contributed by atoms with Gasteiger partial charge in [0.15, 0.2) is 0 Å². The minimum Gasteiger partial charge on any atom is -0.399 e. The molecule has 2 aromatic rings. The van der Waals surface area contributed by atoms with E-state index in [1.165, 1.54) is 16.4 Å². The van der Waals surface area contributed by atoms with Crippen molar-refractivity contribution in [3.8, 4) is 0 Å². The highest BCUT2D eigenvalue weighted by Crippen LogP contribution is 3.02. The fourth-order valence-electron chi connectivity index (χ4n) is 4.21. The molecular weight excluding hydrogens is 538 g/mol. The van der Waals surface area contributed by atoms with Crippen molar-refractivity contribution in [3.05, 3.63) is 48.5 Å². The SMILES string of the molecule is CC1(C)OB(c2ccc(S(=O)(=O)N3CCC(Nc4ccc(S(F)(F)(F)(F)F)cc4)CC3)cc2)OC1(C)C. The topological polar surface area (TPSA) is 67.9 Å². The highest BCUT2D eigenvalue weighted by atomic mass is 32.5.